The summed E-state index contributed by atoms with van der Waals surface area (Å²) in [5.74, 6) is 0.639. The van der Waals surface area contributed by atoms with Crippen LogP contribution in [0.1, 0.15) is 12.8 Å². The van der Waals surface area contributed by atoms with Crippen LogP contribution in [-0.2, 0) is 9.53 Å². The fourth-order valence-electron chi connectivity index (χ4n) is 2.09. The van der Waals surface area contributed by atoms with E-state index in [1.807, 2.05) is 24.3 Å². The van der Waals surface area contributed by atoms with Gasteiger partial charge in [-0.1, -0.05) is 11.3 Å². The molecule has 0 aliphatic carbocycles. The first-order valence-electron chi connectivity index (χ1n) is 6.66. The third kappa shape index (κ3) is 3.20. The van der Waals surface area contributed by atoms with E-state index in [4.69, 9.17) is 9.47 Å². The summed E-state index contributed by atoms with van der Waals surface area (Å²) in [6.45, 7) is 0.644. The molecule has 0 saturated carbocycles. The molecule has 1 atom stereocenters. The van der Waals surface area contributed by atoms with E-state index in [-0.39, 0.29) is 12.0 Å². The molecule has 21 heavy (non-hydrogen) atoms. The second-order valence-electron chi connectivity index (χ2n) is 4.63. The molecule has 2 heterocycles. The van der Waals surface area contributed by atoms with Crippen molar-refractivity contribution < 1.29 is 14.3 Å². The number of methoxy groups -OCH3 is 1. The topological polar surface area (TPSA) is 73.3 Å². The molecule has 1 N–H and O–H groups in total. The molecule has 1 aliphatic heterocycles. The molecule has 1 aromatic carbocycles. The lowest BCUT2D eigenvalue weighted by molar-refractivity contribution is -0.124. The van der Waals surface area contributed by atoms with Gasteiger partial charge in [0, 0.05) is 12.2 Å². The number of ether oxygens (including phenoxy) is 2. The van der Waals surface area contributed by atoms with Crippen molar-refractivity contribution in [1.82, 2.24) is 10.2 Å². The number of anilines is 1. The average Bonchev–Trinajstić information content (AvgIpc) is 3.19. The number of hydrogen-bond acceptors (Lipinski definition) is 6. The normalized spacial score (nSPS) is 17.7. The summed E-state index contributed by atoms with van der Waals surface area (Å²) >= 11 is 1.34. The standard InChI is InChI=1S/C14H15N3O3S/c1-19-10-6-4-9(5-7-10)13-16-17-14(21-13)15-12(18)11-3-2-8-20-11/h4-7,11H,2-3,8H2,1H3,(H,15,17,18)/t11-/m0/s1. The quantitative estimate of drug-likeness (QED) is 0.938. The first-order chi connectivity index (χ1) is 10.3. The number of benzene rings is 1. The van der Waals surface area contributed by atoms with E-state index in [9.17, 15) is 4.79 Å². The molecule has 1 saturated heterocycles. The Morgan fingerprint density at radius 2 is 2.19 bits per heavy atom. The summed E-state index contributed by atoms with van der Waals surface area (Å²) in [7, 11) is 1.62. The number of amides is 1. The van der Waals surface area contributed by atoms with Gasteiger partial charge in [-0.3, -0.25) is 10.1 Å². The lowest BCUT2D eigenvalue weighted by Gasteiger charge is -2.07. The van der Waals surface area contributed by atoms with E-state index in [2.05, 4.69) is 15.5 Å². The van der Waals surface area contributed by atoms with E-state index in [0.717, 1.165) is 29.2 Å². The largest absolute Gasteiger partial charge is 0.497 e. The Morgan fingerprint density at radius 1 is 1.38 bits per heavy atom. The predicted octanol–water partition coefficient (Wildman–Crippen LogP) is 2.33. The molecular formula is C14H15N3O3S. The Kier molecular flexibility index (Phi) is 4.12. The van der Waals surface area contributed by atoms with Crippen LogP contribution in [-0.4, -0.2) is 35.9 Å². The molecule has 6 nitrogen and oxygen atoms in total. The van der Waals surface area contributed by atoms with Crippen LogP contribution in [0.2, 0.25) is 0 Å². The van der Waals surface area contributed by atoms with E-state index < -0.39 is 0 Å². The number of nitrogens with one attached hydrogen (secondary N) is 1. The fourth-order valence-corrected chi connectivity index (χ4v) is 2.85. The van der Waals surface area contributed by atoms with Gasteiger partial charge in [0.1, 0.15) is 16.9 Å². The highest BCUT2D eigenvalue weighted by molar-refractivity contribution is 7.18. The van der Waals surface area contributed by atoms with Crippen molar-refractivity contribution in [3.8, 4) is 16.3 Å². The van der Waals surface area contributed by atoms with Crippen LogP contribution >= 0.6 is 11.3 Å². The van der Waals surface area contributed by atoms with Gasteiger partial charge >= 0.3 is 0 Å². The summed E-state index contributed by atoms with van der Waals surface area (Å²) in [5, 5.41) is 12.1. The van der Waals surface area contributed by atoms with Gasteiger partial charge in [-0.15, -0.1) is 10.2 Å². The highest BCUT2D eigenvalue weighted by Crippen LogP contribution is 2.28. The zero-order chi connectivity index (χ0) is 14.7. The van der Waals surface area contributed by atoms with Crippen molar-refractivity contribution in [2.45, 2.75) is 18.9 Å². The monoisotopic (exact) mass is 305 g/mol. The molecule has 0 radical (unpaired) electrons. The molecule has 3 rings (SSSR count). The summed E-state index contributed by atoms with van der Waals surface area (Å²) in [4.78, 5) is 11.9. The van der Waals surface area contributed by atoms with Crippen LogP contribution in [0.4, 0.5) is 5.13 Å². The average molecular weight is 305 g/mol. The minimum atomic E-state index is -0.363. The molecule has 110 valence electrons. The Balaban J connectivity index is 1.68. The lowest BCUT2D eigenvalue weighted by atomic mass is 10.2. The number of rotatable bonds is 4. The van der Waals surface area contributed by atoms with Crippen molar-refractivity contribution >= 4 is 22.4 Å². The first-order valence-corrected chi connectivity index (χ1v) is 7.48. The Morgan fingerprint density at radius 3 is 2.86 bits per heavy atom. The number of carbonyl (C=O) groups excluding carboxylic acids is 1. The van der Waals surface area contributed by atoms with Crippen molar-refractivity contribution in [2.75, 3.05) is 19.0 Å². The number of hydrogen-bond donors (Lipinski definition) is 1. The minimum absolute atomic E-state index is 0.148. The van der Waals surface area contributed by atoms with Crippen LogP contribution in [0.5, 0.6) is 5.75 Å². The smallest absolute Gasteiger partial charge is 0.255 e. The van der Waals surface area contributed by atoms with Gasteiger partial charge in [-0.25, -0.2) is 0 Å². The molecule has 0 unspecified atom stereocenters. The van der Waals surface area contributed by atoms with Crippen molar-refractivity contribution in [1.29, 1.82) is 0 Å². The lowest BCUT2D eigenvalue weighted by Crippen LogP contribution is -2.26. The summed E-state index contributed by atoms with van der Waals surface area (Å²) in [5.41, 5.74) is 0.936. The van der Waals surface area contributed by atoms with Crippen molar-refractivity contribution in [3.05, 3.63) is 24.3 Å². The second-order valence-corrected chi connectivity index (χ2v) is 5.61. The molecule has 1 fully saturated rings. The van der Waals surface area contributed by atoms with Gasteiger partial charge in [-0.2, -0.15) is 0 Å². The molecule has 0 spiro atoms. The molecule has 7 heteroatoms. The SMILES string of the molecule is COc1ccc(-c2nnc(NC(=O)[C@@H]3CCCO3)s2)cc1. The fraction of sp³-hybridized carbons (Fsp3) is 0.357. The minimum Gasteiger partial charge on any atom is -0.497 e. The first kappa shape index (κ1) is 14.0. The Labute approximate surface area is 126 Å². The molecule has 2 aromatic rings. The van der Waals surface area contributed by atoms with Gasteiger partial charge in [0.15, 0.2) is 0 Å². The maximum Gasteiger partial charge on any atom is 0.255 e. The van der Waals surface area contributed by atoms with Gasteiger partial charge in [0.05, 0.1) is 7.11 Å². The highest BCUT2D eigenvalue weighted by atomic mass is 32.1. The Hall–Kier alpha value is -1.99. The van der Waals surface area contributed by atoms with Crippen molar-refractivity contribution in [2.24, 2.45) is 0 Å². The van der Waals surface area contributed by atoms with E-state index in [1.54, 1.807) is 7.11 Å². The van der Waals surface area contributed by atoms with Crippen molar-refractivity contribution in [3.63, 3.8) is 0 Å². The summed E-state index contributed by atoms with van der Waals surface area (Å²) in [6.07, 6.45) is 1.32. The maximum absolute atomic E-state index is 11.9. The van der Waals surface area contributed by atoms with E-state index in [1.165, 1.54) is 11.3 Å². The third-order valence-corrected chi connectivity index (χ3v) is 4.10. The predicted molar refractivity (Wildman–Crippen MR) is 79.5 cm³/mol. The maximum atomic E-state index is 11.9. The van der Waals surface area contributed by atoms with Crippen LogP contribution in [0.25, 0.3) is 10.6 Å². The highest BCUT2D eigenvalue weighted by Gasteiger charge is 2.24. The zero-order valence-electron chi connectivity index (χ0n) is 11.5. The number of nitrogens with zero attached hydrogens (tertiary/aromatic N) is 2. The van der Waals surface area contributed by atoms with Gasteiger partial charge < -0.3 is 9.47 Å². The van der Waals surface area contributed by atoms with Crippen LogP contribution in [0, 0.1) is 0 Å². The Bertz CT molecular complexity index is 621. The van der Waals surface area contributed by atoms with Crippen LogP contribution in [0.3, 0.4) is 0 Å². The molecule has 1 aliphatic rings. The van der Waals surface area contributed by atoms with Gasteiger partial charge in [0.2, 0.25) is 5.13 Å². The summed E-state index contributed by atoms with van der Waals surface area (Å²) < 4.78 is 10.5. The van der Waals surface area contributed by atoms with Gasteiger partial charge in [0.25, 0.3) is 5.91 Å². The van der Waals surface area contributed by atoms with E-state index >= 15 is 0 Å². The van der Waals surface area contributed by atoms with Gasteiger partial charge in [-0.05, 0) is 37.1 Å². The molecule has 1 aromatic heterocycles. The molecule has 1 amide bonds. The third-order valence-electron chi connectivity index (χ3n) is 3.21. The molecular weight excluding hydrogens is 290 g/mol. The van der Waals surface area contributed by atoms with Crippen LogP contribution < -0.4 is 10.1 Å². The van der Waals surface area contributed by atoms with Crippen LogP contribution in [0.15, 0.2) is 24.3 Å². The zero-order valence-corrected chi connectivity index (χ0v) is 12.4. The summed E-state index contributed by atoms with van der Waals surface area (Å²) in [6, 6.07) is 7.54. The molecule has 0 bridgehead atoms. The second kappa shape index (κ2) is 6.19. The number of aromatic nitrogens is 2. The number of carbonyl (C=O) groups is 1. The van der Waals surface area contributed by atoms with E-state index in [0.29, 0.717) is 11.7 Å².